The molecule has 1 aliphatic carbocycles. The third kappa shape index (κ3) is 2.49. The van der Waals surface area contributed by atoms with Crippen LogP contribution in [0.4, 0.5) is 0 Å². The van der Waals surface area contributed by atoms with E-state index in [4.69, 9.17) is 0 Å². The third-order valence-corrected chi connectivity index (χ3v) is 2.31. The van der Waals surface area contributed by atoms with E-state index >= 15 is 0 Å². The maximum Gasteiger partial charge on any atom is 0.158 e. The first-order valence-electron chi connectivity index (χ1n) is 4.53. The molecule has 0 unspecified atom stereocenters. The molecule has 0 aliphatic heterocycles. The molecule has 0 aromatic carbocycles. The van der Waals surface area contributed by atoms with Gasteiger partial charge in [-0.25, -0.2) is 0 Å². The first-order chi connectivity index (χ1) is 5.34. The normalized spacial score (nSPS) is 24.8. The van der Waals surface area contributed by atoms with Gasteiger partial charge in [0.05, 0.1) is 0 Å². The Labute approximate surface area is 68.5 Å². The second-order valence-corrected chi connectivity index (χ2v) is 3.15. The minimum atomic E-state index is 0.382. The summed E-state index contributed by atoms with van der Waals surface area (Å²) in [5.41, 5.74) is 1.06. The third-order valence-electron chi connectivity index (χ3n) is 2.31. The lowest BCUT2D eigenvalue weighted by molar-refractivity contribution is -0.116. The fraction of sp³-hybridized carbons (Fsp3) is 0.700. The van der Waals surface area contributed by atoms with E-state index < -0.39 is 0 Å². The molecule has 0 atom stereocenters. The van der Waals surface area contributed by atoms with E-state index in [-0.39, 0.29) is 0 Å². The summed E-state index contributed by atoms with van der Waals surface area (Å²) in [7, 11) is 0. The summed E-state index contributed by atoms with van der Waals surface area (Å²) < 4.78 is 0. The summed E-state index contributed by atoms with van der Waals surface area (Å²) in [6, 6.07) is 0. The van der Waals surface area contributed by atoms with Crippen LogP contribution in [-0.4, -0.2) is 5.78 Å². The molecule has 0 radical (unpaired) electrons. The van der Waals surface area contributed by atoms with E-state index in [0.717, 1.165) is 24.8 Å². The summed E-state index contributed by atoms with van der Waals surface area (Å²) in [4.78, 5) is 11.3. The fourth-order valence-electron chi connectivity index (χ4n) is 1.56. The van der Waals surface area contributed by atoms with Gasteiger partial charge in [0.1, 0.15) is 0 Å². The molecule has 0 aromatic rings. The predicted octanol–water partition coefficient (Wildman–Crippen LogP) is 2.86. The molecular formula is C10H16O. The molecular weight excluding hydrogens is 136 g/mol. The number of rotatable bonds is 0. The number of carbonyl (C=O) groups excluding carboxylic acids is 1. The van der Waals surface area contributed by atoms with Crippen molar-refractivity contribution in [3.63, 3.8) is 0 Å². The van der Waals surface area contributed by atoms with Crippen LogP contribution < -0.4 is 0 Å². The maximum atomic E-state index is 11.3. The number of carbonyl (C=O) groups is 1. The van der Waals surface area contributed by atoms with Crippen LogP contribution >= 0.6 is 0 Å². The van der Waals surface area contributed by atoms with Crippen LogP contribution in [0.5, 0.6) is 0 Å². The zero-order valence-corrected chi connectivity index (χ0v) is 7.23. The molecule has 1 nitrogen and oxygen atoms in total. The van der Waals surface area contributed by atoms with Gasteiger partial charge in [-0.15, -0.1) is 0 Å². The molecule has 0 N–H and O–H groups in total. The Kier molecular flexibility index (Phi) is 3.34. The highest BCUT2D eigenvalue weighted by Crippen LogP contribution is 2.18. The molecule has 0 bridgehead atoms. The monoisotopic (exact) mass is 152 g/mol. The van der Waals surface area contributed by atoms with Crippen LogP contribution in [0.1, 0.15) is 45.4 Å². The van der Waals surface area contributed by atoms with E-state index in [1.54, 1.807) is 0 Å². The van der Waals surface area contributed by atoms with E-state index in [1.807, 2.05) is 13.0 Å². The molecule has 0 heterocycles. The highest BCUT2D eigenvalue weighted by atomic mass is 16.1. The molecule has 0 saturated heterocycles. The van der Waals surface area contributed by atoms with Crippen molar-refractivity contribution in [2.45, 2.75) is 45.4 Å². The zero-order chi connectivity index (χ0) is 8.10. The Morgan fingerprint density at radius 3 is 2.36 bits per heavy atom. The average Bonchev–Trinajstić information content (AvgIpc) is 1.98. The molecule has 11 heavy (non-hydrogen) atoms. The second-order valence-electron chi connectivity index (χ2n) is 3.15. The smallest absolute Gasteiger partial charge is 0.158 e. The summed E-state index contributed by atoms with van der Waals surface area (Å²) in [6.45, 7) is 1.97. The largest absolute Gasteiger partial charge is 0.295 e. The molecule has 0 amide bonds. The van der Waals surface area contributed by atoms with Gasteiger partial charge in [0.2, 0.25) is 0 Å². The van der Waals surface area contributed by atoms with Gasteiger partial charge in [0.25, 0.3) is 0 Å². The molecule has 1 aliphatic rings. The lowest BCUT2D eigenvalue weighted by Crippen LogP contribution is -2.05. The van der Waals surface area contributed by atoms with Crippen molar-refractivity contribution in [2.75, 3.05) is 0 Å². The van der Waals surface area contributed by atoms with Gasteiger partial charge < -0.3 is 0 Å². The second kappa shape index (κ2) is 4.32. The van der Waals surface area contributed by atoms with Gasteiger partial charge in [0, 0.05) is 6.42 Å². The van der Waals surface area contributed by atoms with Gasteiger partial charge in [0.15, 0.2) is 5.78 Å². The lowest BCUT2D eigenvalue weighted by atomic mass is 9.95. The Morgan fingerprint density at radius 1 is 1.09 bits per heavy atom. The molecule has 1 fully saturated rings. The van der Waals surface area contributed by atoms with E-state index in [9.17, 15) is 4.79 Å². The van der Waals surface area contributed by atoms with E-state index in [2.05, 4.69) is 0 Å². The Morgan fingerprint density at radius 2 is 1.73 bits per heavy atom. The van der Waals surface area contributed by atoms with E-state index in [0.29, 0.717) is 5.78 Å². The molecule has 1 rings (SSSR count). The Balaban J connectivity index is 2.53. The van der Waals surface area contributed by atoms with Gasteiger partial charge in [-0.05, 0) is 31.8 Å². The van der Waals surface area contributed by atoms with Gasteiger partial charge in [-0.1, -0.05) is 18.9 Å². The quantitative estimate of drug-likeness (QED) is 0.488. The Hall–Kier alpha value is -0.590. The SMILES string of the molecule is C/C=C1\CCCCCCC1=O. The molecule has 1 heteroatoms. The van der Waals surface area contributed by atoms with Crippen LogP contribution in [0.2, 0.25) is 0 Å². The van der Waals surface area contributed by atoms with Crippen molar-refractivity contribution in [1.82, 2.24) is 0 Å². The zero-order valence-electron chi connectivity index (χ0n) is 7.23. The fourth-order valence-corrected chi connectivity index (χ4v) is 1.56. The maximum absolute atomic E-state index is 11.3. The van der Waals surface area contributed by atoms with Gasteiger partial charge >= 0.3 is 0 Å². The van der Waals surface area contributed by atoms with Crippen molar-refractivity contribution in [3.8, 4) is 0 Å². The van der Waals surface area contributed by atoms with Crippen LogP contribution in [0, 0.1) is 0 Å². The topological polar surface area (TPSA) is 17.1 Å². The molecule has 1 saturated carbocycles. The van der Waals surface area contributed by atoms with E-state index in [1.165, 1.54) is 19.3 Å². The lowest BCUT2D eigenvalue weighted by Gasteiger charge is -2.09. The van der Waals surface area contributed by atoms with Crippen molar-refractivity contribution in [2.24, 2.45) is 0 Å². The minimum absolute atomic E-state index is 0.382. The highest BCUT2D eigenvalue weighted by Gasteiger charge is 2.10. The van der Waals surface area contributed by atoms with Crippen LogP contribution in [0.15, 0.2) is 11.6 Å². The standard InChI is InChI=1S/C10H16O/c1-2-9-7-5-3-4-6-8-10(9)11/h2H,3-8H2,1H3/b9-2+. The summed E-state index contributed by atoms with van der Waals surface area (Å²) in [5.74, 6) is 0.382. The number of hydrogen-bond donors (Lipinski definition) is 0. The molecule has 0 aromatic heterocycles. The molecule has 0 spiro atoms. The Bertz CT molecular complexity index is 168. The van der Waals surface area contributed by atoms with Crippen molar-refractivity contribution >= 4 is 5.78 Å². The van der Waals surface area contributed by atoms with Crippen LogP contribution in [-0.2, 0) is 4.79 Å². The van der Waals surface area contributed by atoms with Crippen molar-refractivity contribution < 1.29 is 4.79 Å². The summed E-state index contributed by atoms with van der Waals surface area (Å²) in [6.07, 6.45) is 8.59. The average molecular weight is 152 g/mol. The van der Waals surface area contributed by atoms with Crippen molar-refractivity contribution in [1.29, 1.82) is 0 Å². The van der Waals surface area contributed by atoms with Gasteiger partial charge in [-0.2, -0.15) is 0 Å². The number of allylic oxidation sites excluding steroid dienone is 2. The van der Waals surface area contributed by atoms with Crippen LogP contribution in [0.25, 0.3) is 0 Å². The number of hydrogen-bond acceptors (Lipinski definition) is 1. The number of Topliss-reactive ketones (excluding diaryl/α,β-unsaturated/α-hetero) is 1. The van der Waals surface area contributed by atoms with Gasteiger partial charge in [-0.3, -0.25) is 4.79 Å². The highest BCUT2D eigenvalue weighted by molar-refractivity contribution is 5.95. The predicted molar refractivity (Wildman–Crippen MR) is 46.5 cm³/mol. The minimum Gasteiger partial charge on any atom is -0.295 e. The number of ketones is 1. The van der Waals surface area contributed by atoms with Crippen molar-refractivity contribution in [3.05, 3.63) is 11.6 Å². The van der Waals surface area contributed by atoms with Crippen LogP contribution in [0.3, 0.4) is 0 Å². The summed E-state index contributed by atoms with van der Waals surface area (Å²) >= 11 is 0. The first kappa shape index (κ1) is 8.51. The summed E-state index contributed by atoms with van der Waals surface area (Å²) in [5, 5.41) is 0. The first-order valence-corrected chi connectivity index (χ1v) is 4.53. The molecule has 62 valence electrons.